The van der Waals surface area contributed by atoms with Crippen LogP contribution in [0.1, 0.15) is 44.7 Å². The number of rotatable bonds is 10. The maximum atomic E-state index is 5.51. The number of unbranched alkanes of at least 4 members (excludes halogenated alkanes) is 3. The Morgan fingerprint density at radius 1 is 1.24 bits per heavy atom. The third-order valence-corrected chi connectivity index (χ3v) is 2.61. The topological polar surface area (TPSA) is 49.9 Å². The summed E-state index contributed by atoms with van der Waals surface area (Å²) in [6.45, 7) is 7.23. The van der Waals surface area contributed by atoms with E-state index in [0.29, 0.717) is 5.88 Å². The average Bonchev–Trinajstić information content (AvgIpc) is 2.73. The second-order valence-corrected chi connectivity index (χ2v) is 4.40. The molecule has 4 nitrogen and oxygen atoms in total. The van der Waals surface area contributed by atoms with Crippen molar-refractivity contribution in [2.75, 3.05) is 19.7 Å². The number of ether oxygens (including phenoxy) is 1. The van der Waals surface area contributed by atoms with Crippen molar-refractivity contribution >= 4 is 0 Å². The quantitative estimate of drug-likeness (QED) is 0.617. The van der Waals surface area contributed by atoms with Gasteiger partial charge in [0.25, 0.3) is 0 Å². The summed E-state index contributed by atoms with van der Waals surface area (Å²) < 4.78 is 5.51. The largest absolute Gasteiger partial charge is 0.477 e. The van der Waals surface area contributed by atoms with Gasteiger partial charge in [0.15, 0.2) is 0 Å². The fourth-order valence-corrected chi connectivity index (χ4v) is 1.65. The Morgan fingerprint density at radius 2 is 2.06 bits per heavy atom. The third kappa shape index (κ3) is 7.00. The lowest BCUT2D eigenvalue weighted by Gasteiger charge is -2.04. The van der Waals surface area contributed by atoms with E-state index in [0.717, 1.165) is 31.8 Å². The summed E-state index contributed by atoms with van der Waals surface area (Å²) in [6.07, 6.45) is 6.11. The van der Waals surface area contributed by atoms with Gasteiger partial charge in [-0.05, 0) is 39.3 Å². The molecule has 0 saturated heterocycles. The molecule has 0 aliphatic carbocycles. The SMILES string of the molecule is CCCNCCCCCCOc1cc(C)[nH]n1. The van der Waals surface area contributed by atoms with Crippen molar-refractivity contribution in [3.63, 3.8) is 0 Å². The number of aryl methyl sites for hydroxylation is 1. The predicted molar refractivity (Wildman–Crippen MR) is 70.4 cm³/mol. The molecule has 0 fully saturated rings. The van der Waals surface area contributed by atoms with E-state index >= 15 is 0 Å². The lowest BCUT2D eigenvalue weighted by molar-refractivity contribution is 0.293. The van der Waals surface area contributed by atoms with Crippen LogP contribution in [0.3, 0.4) is 0 Å². The van der Waals surface area contributed by atoms with E-state index in [1.54, 1.807) is 0 Å². The number of hydrogen-bond donors (Lipinski definition) is 2. The summed E-state index contributed by atoms with van der Waals surface area (Å²) in [5.74, 6) is 0.715. The molecule has 0 aliphatic rings. The number of nitrogens with one attached hydrogen (secondary N) is 2. The van der Waals surface area contributed by atoms with E-state index in [1.807, 2.05) is 13.0 Å². The van der Waals surface area contributed by atoms with Gasteiger partial charge in [0.2, 0.25) is 5.88 Å². The van der Waals surface area contributed by atoms with E-state index < -0.39 is 0 Å². The average molecular weight is 239 g/mol. The van der Waals surface area contributed by atoms with Crippen LogP contribution >= 0.6 is 0 Å². The van der Waals surface area contributed by atoms with Crippen LogP contribution in [0.2, 0.25) is 0 Å². The molecule has 0 radical (unpaired) electrons. The zero-order chi connectivity index (χ0) is 12.3. The van der Waals surface area contributed by atoms with Crippen LogP contribution in [0.25, 0.3) is 0 Å². The molecule has 0 saturated carbocycles. The summed E-state index contributed by atoms with van der Waals surface area (Å²) in [5, 5.41) is 10.3. The highest BCUT2D eigenvalue weighted by Crippen LogP contribution is 2.08. The van der Waals surface area contributed by atoms with E-state index in [2.05, 4.69) is 22.4 Å². The minimum atomic E-state index is 0.715. The van der Waals surface area contributed by atoms with Crippen molar-refractivity contribution in [2.24, 2.45) is 0 Å². The Hall–Kier alpha value is -1.03. The standard InChI is InChI=1S/C13H25N3O/c1-3-8-14-9-6-4-5-7-10-17-13-11-12(2)15-16-13/h11,14H,3-10H2,1-2H3,(H,15,16). The summed E-state index contributed by atoms with van der Waals surface area (Å²) in [5.41, 5.74) is 1.04. The third-order valence-electron chi connectivity index (χ3n) is 2.61. The molecule has 0 aromatic carbocycles. The number of aromatic amines is 1. The van der Waals surface area contributed by atoms with Crippen LogP contribution in [0.4, 0.5) is 0 Å². The minimum absolute atomic E-state index is 0.715. The molecule has 0 bridgehead atoms. The van der Waals surface area contributed by atoms with Gasteiger partial charge in [0, 0.05) is 11.8 Å². The fourth-order valence-electron chi connectivity index (χ4n) is 1.65. The zero-order valence-electron chi connectivity index (χ0n) is 11.1. The van der Waals surface area contributed by atoms with Gasteiger partial charge < -0.3 is 10.1 Å². The molecule has 0 aliphatic heterocycles. The van der Waals surface area contributed by atoms with Crippen molar-refractivity contribution < 1.29 is 4.74 Å². The van der Waals surface area contributed by atoms with Crippen molar-refractivity contribution in [1.82, 2.24) is 15.5 Å². The van der Waals surface area contributed by atoms with Crippen molar-refractivity contribution in [3.05, 3.63) is 11.8 Å². The summed E-state index contributed by atoms with van der Waals surface area (Å²) in [6, 6.07) is 1.93. The monoisotopic (exact) mass is 239 g/mol. The molecule has 98 valence electrons. The Labute approximate surface area is 104 Å². The Morgan fingerprint density at radius 3 is 2.76 bits per heavy atom. The van der Waals surface area contributed by atoms with Crippen LogP contribution in [-0.2, 0) is 0 Å². The van der Waals surface area contributed by atoms with Crippen LogP contribution in [-0.4, -0.2) is 29.9 Å². The van der Waals surface area contributed by atoms with Gasteiger partial charge in [-0.2, -0.15) is 0 Å². The molecule has 2 N–H and O–H groups in total. The number of hydrogen-bond acceptors (Lipinski definition) is 3. The van der Waals surface area contributed by atoms with Gasteiger partial charge in [0.1, 0.15) is 0 Å². The highest BCUT2D eigenvalue weighted by Gasteiger charge is 1.97. The molecule has 0 amide bonds. The lowest BCUT2D eigenvalue weighted by Crippen LogP contribution is -2.15. The second kappa shape index (κ2) is 9.05. The Bertz CT molecular complexity index is 286. The van der Waals surface area contributed by atoms with Crippen molar-refractivity contribution in [1.29, 1.82) is 0 Å². The maximum Gasteiger partial charge on any atom is 0.232 e. The number of aromatic nitrogens is 2. The van der Waals surface area contributed by atoms with E-state index in [-0.39, 0.29) is 0 Å². The molecule has 0 unspecified atom stereocenters. The zero-order valence-corrected chi connectivity index (χ0v) is 11.1. The van der Waals surface area contributed by atoms with Gasteiger partial charge in [-0.3, -0.25) is 5.10 Å². The minimum Gasteiger partial charge on any atom is -0.477 e. The van der Waals surface area contributed by atoms with Crippen LogP contribution in [0.15, 0.2) is 6.07 Å². The van der Waals surface area contributed by atoms with E-state index in [9.17, 15) is 0 Å². The normalized spacial score (nSPS) is 10.7. The molecule has 1 aromatic heterocycles. The first-order valence-electron chi connectivity index (χ1n) is 6.68. The highest BCUT2D eigenvalue weighted by molar-refractivity contribution is 5.11. The molecular weight excluding hydrogens is 214 g/mol. The predicted octanol–water partition coefficient (Wildman–Crippen LogP) is 2.66. The molecule has 4 heteroatoms. The molecule has 0 atom stereocenters. The van der Waals surface area contributed by atoms with Gasteiger partial charge in [-0.1, -0.05) is 19.8 Å². The van der Waals surface area contributed by atoms with Gasteiger partial charge in [-0.25, -0.2) is 0 Å². The number of H-pyrrole nitrogens is 1. The smallest absolute Gasteiger partial charge is 0.232 e. The number of nitrogens with zero attached hydrogens (tertiary/aromatic N) is 1. The molecular formula is C13H25N3O. The van der Waals surface area contributed by atoms with Gasteiger partial charge in [0.05, 0.1) is 6.61 Å². The summed E-state index contributed by atoms with van der Waals surface area (Å²) in [7, 11) is 0. The van der Waals surface area contributed by atoms with Crippen molar-refractivity contribution in [3.8, 4) is 5.88 Å². The first-order valence-corrected chi connectivity index (χ1v) is 6.68. The van der Waals surface area contributed by atoms with Gasteiger partial charge >= 0.3 is 0 Å². The molecule has 1 heterocycles. The molecule has 17 heavy (non-hydrogen) atoms. The molecule has 1 rings (SSSR count). The second-order valence-electron chi connectivity index (χ2n) is 4.40. The lowest BCUT2D eigenvalue weighted by atomic mass is 10.2. The first kappa shape index (κ1) is 14.0. The molecule has 1 aromatic rings. The summed E-state index contributed by atoms with van der Waals surface area (Å²) >= 11 is 0. The Kier molecular flexibility index (Phi) is 7.47. The van der Waals surface area contributed by atoms with Crippen LogP contribution < -0.4 is 10.1 Å². The highest BCUT2D eigenvalue weighted by atomic mass is 16.5. The fraction of sp³-hybridized carbons (Fsp3) is 0.769. The summed E-state index contributed by atoms with van der Waals surface area (Å²) in [4.78, 5) is 0. The van der Waals surface area contributed by atoms with Crippen LogP contribution in [0, 0.1) is 6.92 Å². The first-order chi connectivity index (χ1) is 8.33. The van der Waals surface area contributed by atoms with Gasteiger partial charge in [-0.15, -0.1) is 5.10 Å². The van der Waals surface area contributed by atoms with Crippen LogP contribution in [0.5, 0.6) is 5.88 Å². The molecule has 0 spiro atoms. The maximum absolute atomic E-state index is 5.51. The van der Waals surface area contributed by atoms with E-state index in [1.165, 1.54) is 25.7 Å². The van der Waals surface area contributed by atoms with Crippen molar-refractivity contribution in [2.45, 2.75) is 46.0 Å². The Balaban J connectivity index is 1.84. The van der Waals surface area contributed by atoms with E-state index in [4.69, 9.17) is 4.74 Å².